The molecule has 0 bridgehead atoms. The normalized spacial score (nSPS) is 15.5. The lowest BCUT2D eigenvalue weighted by atomic mass is 10.1. The average Bonchev–Trinajstić information content (AvgIpc) is 2.94. The molecule has 1 aliphatic heterocycles. The number of thioether (sulfide) groups is 1. The van der Waals surface area contributed by atoms with Crippen molar-refractivity contribution in [1.29, 1.82) is 0 Å². The van der Waals surface area contributed by atoms with Crippen molar-refractivity contribution in [2.45, 2.75) is 26.4 Å². The van der Waals surface area contributed by atoms with Crippen molar-refractivity contribution < 1.29 is 14.3 Å². The molecule has 0 aromatic heterocycles. The van der Waals surface area contributed by atoms with Crippen LogP contribution in [0.4, 0.5) is 4.79 Å². The number of carbonyl (C=O) groups is 2. The van der Waals surface area contributed by atoms with Gasteiger partial charge in [0.05, 0.1) is 4.91 Å². The highest BCUT2D eigenvalue weighted by molar-refractivity contribution is 9.10. The fourth-order valence-electron chi connectivity index (χ4n) is 2.66. The first-order valence-corrected chi connectivity index (χ1v) is 10.9. The van der Waals surface area contributed by atoms with E-state index in [9.17, 15) is 9.59 Å². The third-order valence-electron chi connectivity index (χ3n) is 4.17. The van der Waals surface area contributed by atoms with Crippen LogP contribution in [0.1, 0.15) is 30.9 Å². The number of rotatable bonds is 7. The predicted molar refractivity (Wildman–Crippen MR) is 118 cm³/mol. The van der Waals surface area contributed by atoms with Crippen LogP contribution in [0.5, 0.6) is 5.75 Å². The summed E-state index contributed by atoms with van der Waals surface area (Å²) >= 11 is 10.3. The third-order valence-corrected chi connectivity index (χ3v) is 5.83. The highest BCUT2D eigenvalue weighted by atomic mass is 79.9. The van der Waals surface area contributed by atoms with Crippen LogP contribution in [0.2, 0.25) is 5.02 Å². The standard InChI is InChI=1S/C21H19BrClNO3S/c1-2-3-10-24-20(25)19(28-21(24)26)12-15-11-16(22)6-9-18(15)27-13-14-4-7-17(23)8-5-14/h4-9,11-12H,2-3,10,13H2,1H3/b19-12-. The first-order chi connectivity index (χ1) is 13.5. The van der Waals surface area contributed by atoms with Gasteiger partial charge in [-0.05, 0) is 60.2 Å². The van der Waals surface area contributed by atoms with E-state index in [4.69, 9.17) is 16.3 Å². The SMILES string of the molecule is CCCCN1C(=O)S/C(=C\c2cc(Br)ccc2OCc2ccc(Cl)cc2)C1=O. The van der Waals surface area contributed by atoms with Crippen molar-refractivity contribution in [3.8, 4) is 5.75 Å². The van der Waals surface area contributed by atoms with Crippen molar-refractivity contribution in [1.82, 2.24) is 4.90 Å². The summed E-state index contributed by atoms with van der Waals surface area (Å²) in [7, 11) is 0. The first-order valence-electron chi connectivity index (χ1n) is 8.90. The van der Waals surface area contributed by atoms with Gasteiger partial charge >= 0.3 is 0 Å². The minimum Gasteiger partial charge on any atom is -0.488 e. The van der Waals surface area contributed by atoms with E-state index in [-0.39, 0.29) is 11.1 Å². The maximum absolute atomic E-state index is 12.6. The Labute approximate surface area is 182 Å². The van der Waals surface area contributed by atoms with Crippen molar-refractivity contribution in [3.05, 3.63) is 68.0 Å². The Bertz CT molecular complexity index is 914. The number of imide groups is 1. The van der Waals surface area contributed by atoms with E-state index in [1.807, 2.05) is 49.4 Å². The molecule has 0 atom stereocenters. The maximum atomic E-state index is 12.6. The van der Waals surface area contributed by atoms with E-state index in [1.165, 1.54) is 4.90 Å². The second kappa shape index (κ2) is 9.63. The lowest BCUT2D eigenvalue weighted by Crippen LogP contribution is -2.29. The van der Waals surface area contributed by atoms with Gasteiger partial charge in [0.25, 0.3) is 11.1 Å². The Balaban J connectivity index is 1.80. The van der Waals surface area contributed by atoms with Gasteiger partial charge in [0.1, 0.15) is 12.4 Å². The number of benzene rings is 2. The number of ether oxygens (including phenoxy) is 1. The summed E-state index contributed by atoms with van der Waals surface area (Å²) in [6.07, 6.45) is 3.45. The second-order valence-corrected chi connectivity index (χ2v) is 8.63. The fourth-order valence-corrected chi connectivity index (χ4v) is 4.02. The van der Waals surface area contributed by atoms with E-state index >= 15 is 0 Å². The number of hydrogen-bond acceptors (Lipinski definition) is 4. The monoisotopic (exact) mass is 479 g/mol. The number of nitrogens with zero attached hydrogens (tertiary/aromatic N) is 1. The summed E-state index contributed by atoms with van der Waals surface area (Å²) in [4.78, 5) is 26.5. The minimum atomic E-state index is -0.243. The molecule has 4 nitrogen and oxygen atoms in total. The fraction of sp³-hybridized carbons (Fsp3) is 0.238. The summed E-state index contributed by atoms with van der Waals surface area (Å²) in [6, 6.07) is 13.0. The lowest BCUT2D eigenvalue weighted by molar-refractivity contribution is -0.122. The molecule has 2 aromatic carbocycles. The smallest absolute Gasteiger partial charge is 0.293 e. The minimum absolute atomic E-state index is 0.219. The molecule has 0 radical (unpaired) electrons. The number of carbonyl (C=O) groups excluding carboxylic acids is 2. The molecule has 146 valence electrons. The van der Waals surface area contributed by atoms with E-state index in [2.05, 4.69) is 15.9 Å². The molecule has 7 heteroatoms. The van der Waals surface area contributed by atoms with Crippen molar-refractivity contribution in [2.24, 2.45) is 0 Å². The number of unbranched alkanes of at least 4 members (excludes halogenated alkanes) is 1. The summed E-state index contributed by atoms with van der Waals surface area (Å²) in [6.45, 7) is 2.86. The van der Waals surface area contributed by atoms with E-state index in [0.717, 1.165) is 40.2 Å². The van der Waals surface area contributed by atoms with Crippen molar-refractivity contribution in [3.63, 3.8) is 0 Å². The molecule has 28 heavy (non-hydrogen) atoms. The summed E-state index contributed by atoms with van der Waals surface area (Å²) in [5.74, 6) is 0.394. The molecule has 3 rings (SSSR count). The van der Waals surface area contributed by atoms with Gasteiger partial charge in [0, 0.05) is 21.6 Å². The van der Waals surface area contributed by atoms with Crippen LogP contribution in [0.15, 0.2) is 51.8 Å². The zero-order valence-corrected chi connectivity index (χ0v) is 18.4. The molecular formula is C21H19BrClNO3S. The van der Waals surface area contributed by atoms with Gasteiger partial charge in [-0.25, -0.2) is 0 Å². The number of amides is 2. The van der Waals surface area contributed by atoms with Gasteiger partial charge in [-0.2, -0.15) is 0 Å². The largest absolute Gasteiger partial charge is 0.488 e. The van der Waals surface area contributed by atoms with Crippen LogP contribution in [-0.2, 0) is 11.4 Å². The second-order valence-electron chi connectivity index (χ2n) is 6.28. The third kappa shape index (κ3) is 5.19. The van der Waals surface area contributed by atoms with E-state index in [0.29, 0.717) is 28.8 Å². The van der Waals surface area contributed by atoms with Crippen LogP contribution in [0.3, 0.4) is 0 Å². The highest BCUT2D eigenvalue weighted by Crippen LogP contribution is 2.35. The summed E-state index contributed by atoms with van der Waals surface area (Å²) < 4.78 is 6.82. The Morgan fingerprint density at radius 2 is 1.93 bits per heavy atom. The van der Waals surface area contributed by atoms with Gasteiger partial charge in [0.15, 0.2) is 0 Å². The quantitative estimate of drug-likeness (QED) is 0.423. The van der Waals surface area contributed by atoms with Crippen LogP contribution in [-0.4, -0.2) is 22.6 Å². The van der Waals surface area contributed by atoms with Crippen molar-refractivity contribution in [2.75, 3.05) is 6.54 Å². The molecular weight excluding hydrogens is 462 g/mol. The number of hydrogen-bond donors (Lipinski definition) is 0. The van der Waals surface area contributed by atoms with Crippen LogP contribution in [0, 0.1) is 0 Å². The van der Waals surface area contributed by atoms with E-state index in [1.54, 1.807) is 6.08 Å². The molecule has 0 saturated carbocycles. The predicted octanol–water partition coefficient (Wildman–Crippen LogP) is 6.52. The van der Waals surface area contributed by atoms with Crippen molar-refractivity contribution >= 4 is 56.5 Å². The van der Waals surface area contributed by atoms with Crippen LogP contribution >= 0.6 is 39.3 Å². The summed E-state index contributed by atoms with van der Waals surface area (Å²) in [5, 5.41) is 0.454. The molecule has 1 fully saturated rings. The molecule has 1 heterocycles. The lowest BCUT2D eigenvalue weighted by Gasteiger charge is -2.12. The van der Waals surface area contributed by atoms with Crippen LogP contribution < -0.4 is 4.74 Å². The van der Waals surface area contributed by atoms with Gasteiger partial charge in [-0.1, -0.05) is 53.0 Å². The van der Waals surface area contributed by atoms with Gasteiger partial charge in [-0.15, -0.1) is 0 Å². The molecule has 0 aliphatic carbocycles. The van der Waals surface area contributed by atoms with Gasteiger partial charge in [-0.3, -0.25) is 14.5 Å². The molecule has 0 unspecified atom stereocenters. The molecule has 2 aromatic rings. The molecule has 0 spiro atoms. The Morgan fingerprint density at radius 1 is 1.18 bits per heavy atom. The van der Waals surface area contributed by atoms with Gasteiger partial charge in [0.2, 0.25) is 0 Å². The average molecular weight is 481 g/mol. The van der Waals surface area contributed by atoms with Gasteiger partial charge < -0.3 is 4.74 Å². The summed E-state index contributed by atoms with van der Waals surface area (Å²) in [5.41, 5.74) is 1.72. The Hall–Kier alpha value is -1.76. The Kier molecular flexibility index (Phi) is 7.21. The molecule has 1 aliphatic rings. The Morgan fingerprint density at radius 3 is 2.64 bits per heavy atom. The number of halogens is 2. The van der Waals surface area contributed by atoms with Crippen LogP contribution in [0.25, 0.3) is 6.08 Å². The molecule has 1 saturated heterocycles. The zero-order valence-electron chi connectivity index (χ0n) is 15.3. The first kappa shape index (κ1) is 21.0. The van der Waals surface area contributed by atoms with E-state index < -0.39 is 0 Å². The maximum Gasteiger partial charge on any atom is 0.293 e. The zero-order chi connectivity index (χ0) is 20.1. The molecule has 0 N–H and O–H groups in total. The topological polar surface area (TPSA) is 46.6 Å². The highest BCUT2D eigenvalue weighted by Gasteiger charge is 2.34. The molecule has 2 amide bonds.